The fourth-order valence-corrected chi connectivity index (χ4v) is 4.03. The van der Waals surface area contributed by atoms with E-state index in [1.54, 1.807) is 4.90 Å². The lowest BCUT2D eigenvalue weighted by atomic mass is 10.1. The number of hydrogen-bond donors (Lipinski definition) is 3. The van der Waals surface area contributed by atoms with Crippen LogP contribution in [0.15, 0.2) is 41.4 Å². The largest absolute Gasteiger partial charge is 0.356 e. The normalized spacial score (nSPS) is 17.9. The molecule has 0 radical (unpaired) electrons. The Balaban J connectivity index is 1.76. The Morgan fingerprint density at radius 3 is 2.85 bits per heavy atom. The van der Waals surface area contributed by atoms with Crippen LogP contribution >= 0.6 is 0 Å². The van der Waals surface area contributed by atoms with Gasteiger partial charge in [-0.3, -0.25) is 9.52 Å². The van der Waals surface area contributed by atoms with Crippen LogP contribution < -0.4 is 10.0 Å². The summed E-state index contributed by atoms with van der Waals surface area (Å²) >= 11 is 0. The molecular formula is C17H21FN4O3S. The van der Waals surface area contributed by atoms with Crippen LogP contribution in [-0.4, -0.2) is 50.4 Å². The number of benzene rings is 1. The molecule has 1 amide bonds. The van der Waals surface area contributed by atoms with Gasteiger partial charge in [-0.25, -0.2) is 12.8 Å². The van der Waals surface area contributed by atoms with Crippen LogP contribution in [0.25, 0.3) is 0 Å². The maximum absolute atomic E-state index is 13.7. The minimum atomic E-state index is -4.00. The minimum Gasteiger partial charge on any atom is -0.356 e. The third-order valence-electron chi connectivity index (χ3n) is 4.43. The van der Waals surface area contributed by atoms with Crippen molar-refractivity contribution in [2.75, 3.05) is 24.9 Å². The third-order valence-corrected chi connectivity index (χ3v) is 5.78. The molecule has 26 heavy (non-hydrogen) atoms. The number of halogens is 1. The van der Waals surface area contributed by atoms with E-state index in [4.69, 9.17) is 0 Å². The minimum absolute atomic E-state index is 0.119. The number of para-hydroxylation sites is 1. The van der Waals surface area contributed by atoms with Crippen LogP contribution in [0.3, 0.4) is 0 Å². The number of likely N-dealkylation sites (N-methyl/N-ethyl adjacent to an activating group) is 1. The van der Waals surface area contributed by atoms with E-state index in [-0.39, 0.29) is 28.2 Å². The molecule has 2 heterocycles. The maximum Gasteiger partial charge on any atom is 0.270 e. The number of nitrogens with zero attached hydrogens (tertiary/aromatic N) is 1. The van der Waals surface area contributed by atoms with Crippen LogP contribution in [0.5, 0.6) is 0 Å². The standard InChI is InChI=1S/C17H21FN4O3S/c1-19-12-5-4-8-22(11-12)17(23)16-9-13(10-20-16)26(24,25)21-15-7-3-2-6-14(15)18/h2-3,6-7,9-10,12,19-21H,4-5,8,11H2,1H3. The first-order chi connectivity index (χ1) is 12.4. The van der Waals surface area contributed by atoms with Crippen molar-refractivity contribution in [2.45, 2.75) is 23.8 Å². The molecule has 0 bridgehead atoms. The van der Waals surface area contributed by atoms with Crippen molar-refractivity contribution in [1.29, 1.82) is 0 Å². The molecule has 7 nitrogen and oxygen atoms in total. The zero-order valence-corrected chi connectivity index (χ0v) is 15.1. The smallest absolute Gasteiger partial charge is 0.270 e. The van der Waals surface area contributed by atoms with Crippen LogP contribution in [0, 0.1) is 5.82 Å². The van der Waals surface area contributed by atoms with Gasteiger partial charge in [0.2, 0.25) is 0 Å². The molecule has 3 N–H and O–H groups in total. The van der Waals surface area contributed by atoms with Gasteiger partial charge in [0.15, 0.2) is 0 Å². The first-order valence-electron chi connectivity index (χ1n) is 8.33. The fraction of sp³-hybridized carbons (Fsp3) is 0.353. The summed E-state index contributed by atoms with van der Waals surface area (Å²) in [6, 6.07) is 7.00. The van der Waals surface area contributed by atoms with E-state index in [1.807, 2.05) is 7.05 Å². The van der Waals surface area contributed by atoms with Crippen molar-refractivity contribution in [3.63, 3.8) is 0 Å². The van der Waals surface area contributed by atoms with Gasteiger partial charge in [-0.1, -0.05) is 12.1 Å². The second-order valence-electron chi connectivity index (χ2n) is 6.21. The van der Waals surface area contributed by atoms with Crippen molar-refractivity contribution in [3.8, 4) is 0 Å². The second-order valence-corrected chi connectivity index (χ2v) is 7.90. The molecule has 9 heteroatoms. The van der Waals surface area contributed by atoms with Gasteiger partial charge in [-0.15, -0.1) is 0 Å². The summed E-state index contributed by atoms with van der Waals surface area (Å²) in [7, 11) is -2.15. The van der Waals surface area contributed by atoms with Gasteiger partial charge in [0.25, 0.3) is 15.9 Å². The van der Waals surface area contributed by atoms with Gasteiger partial charge >= 0.3 is 0 Å². The Morgan fingerprint density at radius 2 is 2.12 bits per heavy atom. The van der Waals surface area contributed by atoms with Gasteiger partial charge in [-0.2, -0.15) is 0 Å². The summed E-state index contributed by atoms with van der Waals surface area (Å²) < 4.78 is 40.7. The van der Waals surface area contributed by atoms with E-state index in [9.17, 15) is 17.6 Å². The Labute approximate surface area is 151 Å². The van der Waals surface area contributed by atoms with E-state index >= 15 is 0 Å². The lowest BCUT2D eigenvalue weighted by molar-refractivity contribution is 0.0693. The molecule has 1 aliphatic heterocycles. The monoisotopic (exact) mass is 380 g/mol. The zero-order valence-electron chi connectivity index (χ0n) is 14.3. The van der Waals surface area contributed by atoms with Gasteiger partial charge in [0.05, 0.1) is 5.69 Å². The molecule has 1 aromatic carbocycles. The van der Waals surface area contributed by atoms with E-state index < -0.39 is 15.8 Å². The summed E-state index contributed by atoms with van der Waals surface area (Å²) in [5.74, 6) is -0.924. The molecule has 140 valence electrons. The van der Waals surface area contributed by atoms with Crippen molar-refractivity contribution in [3.05, 3.63) is 48.0 Å². The zero-order chi connectivity index (χ0) is 18.7. The van der Waals surface area contributed by atoms with Gasteiger partial charge in [0.1, 0.15) is 16.4 Å². The maximum atomic E-state index is 13.7. The van der Waals surface area contributed by atoms with Gasteiger partial charge in [-0.05, 0) is 38.1 Å². The molecule has 1 aromatic heterocycles. The average Bonchev–Trinajstić information content (AvgIpc) is 3.14. The van der Waals surface area contributed by atoms with E-state index in [1.165, 1.54) is 36.5 Å². The lowest BCUT2D eigenvalue weighted by Gasteiger charge is -2.32. The number of amides is 1. The van der Waals surface area contributed by atoms with Crippen LogP contribution in [-0.2, 0) is 10.0 Å². The molecule has 0 aliphatic carbocycles. The van der Waals surface area contributed by atoms with Crippen molar-refractivity contribution < 1.29 is 17.6 Å². The molecule has 1 fully saturated rings. The van der Waals surface area contributed by atoms with Crippen LogP contribution in [0.4, 0.5) is 10.1 Å². The summed E-state index contributed by atoms with van der Waals surface area (Å²) in [5.41, 5.74) is 0.0464. The summed E-state index contributed by atoms with van der Waals surface area (Å²) in [6.45, 7) is 1.20. The first kappa shape index (κ1) is 18.4. The molecule has 0 saturated carbocycles. The number of carbonyl (C=O) groups is 1. The highest BCUT2D eigenvalue weighted by Crippen LogP contribution is 2.20. The number of rotatable bonds is 5. The highest BCUT2D eigenvalue weighted by molar-refractivity contribution is 7.92. The van der Waals surface area contributed by atoms with Crippen molar-refractivity contribution >= 4 is 21.6 Å². The quantitative estimate of drug-likeness (QED) is 0.737. The van der Waals surface area contributed by atoms with Crippen molar-refractivity contribution in [2.24, 2.45) is 0 Å². The fourth-order valence-electron chi connectivity index (χ4n) is 2.97. The number of sulfonamides is 1. The molecule has 1 aliphatic rings. The number of anilines is 1. The number of likely N-dealkylation sites (tertiary alicyclic amines) is 1. The topological polar surface area (TPSA) is 94.3 Å². The number of H-pyrrole nitrogens is 1. The van der Waals surface area contributed by atoms with E-state index in [0.717, 1.165) is 12.8 Å². The summed E-state index contributed by atoms with van der Waals surface area (Å²) in [4.78, 5) is 16.9. The number of hydrogen-bond acceptors (Lipinski definition) is 4. The summed E-state index contributed by atoms with van der Waals surface area (Å²) in [5, 5.41) is 3.16. The predicted molar refractivity (Wildman–Crippen MR) is 96.0 cm³/mol. The molecule has 3 rings (SSSR count). The molecule has 2 aromatic rings. The number of nitrogens with one attached hydrogen (secondary N) is 3. The number of piperidine rings is 1. The second kappa shape index (κ2) is 7.46. The third kappa shape index (κ3) is 3.88. The first-order valence-corrected chi connectivity index (χ1v) is 9.81. The Morgan fingerprint density at radius 1 is 1.35 bits per heavy atom. The molecule has 1 atom stereocenters. The lowest BCUT2D eigenvalue weighted by Crippen LogP contribution is -2.47. The Bertz CT molecular complexity index is 897. The van der Waals surface area contributed by atoms with Gasteiger partial charge in [0, 0.05) is 25.3 Å². The van der Waals surface area contributed by atoms with E-state index in [0.29, 0.717) is 13.1 Å². The van der Waals surface area contributed by atoms with Gasteiger partial charge < -0.3 is 15.2 Å². The molecule has 1 unspecified atom stereocenters. The molecule has 1 saturated heterocycles. The predicted octanol–water partition coefficient (Wildman–Crippen LogP) is 1.78. The average molecular weight is 380 g/mol. The number of aromatic nitrogens is 1. The van der Waals surface area contributed by atoms with Crippen LogP contribution in [0.1, 0.15) is 23.3 Å². The number of aromatic amines is 1. The summed E-state index contributed by atoms with van der Waals surface area (Å²) in [6.07, 6.45) is 3.12. The highest BCUT2D eigenvalue weighted by Gasteiger charge is 2.26. The number of carbonyl (C=O) groups excluding carboxylic acids is 1. The highest BCUT2D eigenvalue weighted by atomic mass is 32.2. The molecular weight excluding hydrogens is 359 g/mol. The Hall–Kier alpha value is -2.39. The van der Waals surface area contributed by atoms with Crippen molar-refractivity contribution in [1.82, 2.24) is 15.2 Å². The van der Waals surface area contributed by atoms with E-state index in [2.05, 4.69) is 15.0 Å². The SMILES string of the molecule is CNC1CCCN(C(=O)c2cc(S(=O)(=O)Nc3ccccc3F)c[nH]2)C1. The Kier molecular flexibility index (Phi) is 5.28. The van der Waals surface area contributed by atoms with Crippen LogP contribution in [0.2, 0.25) is 0 Å². The molecule has 0 spiro atoms.